The van der Waals surface area contributed by atoms with E-state index in [2.05, 4.69) is 0 Å². The van der Waals surface area contributed by atoms with E-state index in [4.69, 9.17) is 5.11 Å². The van der Waals surface area contributed by atoms with Crippen LogP contribution in [0.15, 0.2) is 0 Å². The van der Waals surface area contributed by atoms with Crippen LogP contribution < -0.4 is 0 Å². The zero-order valence-corrected chi connectivity index (χ0v) is 6.28. The fraction of sp³-hybridized carbons (Fsp3) is 1.00. The Bertz CT molecular complexity index is 152. The van der Waals surface area contributed by atoms with Gasteiger partial charge in [-0.05, 0) is 18.8 Å². The summed E-state index contributed by atoms with van der Waals surface area (Å²) in [6.07, 6.45) is -3.68. The molecule has 0 radical (unpaired) electrons. The van der Waals surface area contributed by atoms with Crippen molar-refractivity contribution in [3.05, 3.63) is 0 Å². The Morgan fingerprint density at radius 2 is 2.09 bits per heavy atom. The molecule has 1 nitrogen and oxygen atoms in total. The molecule has 0 saturated heterocycles. The lowest BCUT2D eigenvalue weighted by Gasteiger charge is -2.45. The van der Waals surface area contributed by atoms with Crippen molar-refractivity contribution in [2.45, 2.75) is 38.0 Å². The van der Waals surface area contributed by atoms with Crippen molar-refractivity contribution in [1.82, 2.24) is 0 Å². The van der Waals surface area contributed by atoms with Crippen molar-refractivity contribution in [2.24, 2.45) is 5.92 Å². The average Bonchev–Trinajstić information content (AvgIpc) is 1.83. The lowest BCUT2D eigenvalue weighted by molar-refractivity contribution is -0.310. The molecule has 0 heterocycles. The summed E-state index contributed by atoms with van der Waals surface area (Å²) in [6, 6.07) is 0. The molecule has 0 aromatic heterocycles. The highest BCUT2D eigenvalue weighted by Crippen LogP contribution is 2.50. The molecule has 1 fully saturated rings. The molecular formula is C7H11F3O. The van der Waals surface area contributed by atoms with Gasteiger partial charge in [0.2, 0.25) is 0 Å². The van der Waals surface area contributed by atoms with Crippen molar-refractivity contribution < 1.29 is 18.3 Å². The Morgan fingerprint density at radius 3 is 2.18 bits per heavy atom. The molecular weight excluding hydrogens is 157 g/mol. The van der Waals surface area contributed by atoms with E-state index in [1.807, 2.05) is 0 Å². The van der Waals surface area contributed by atoms with Crippen LogP contribution in [0.25, 0.3) is 0 Å². The van der Waals surface area contributed by atoms with Gasteiger partial charge in [-0.1, -0.05) is 13.3 Å². The Kier molecular flexibility index (Phi) is 1.90. The van der Waals surface area contributed by atoms with Crippen molar-refractivity contribution in [3.63, 3.8) is 0 Å². The van der Waals surface area contributed by atoms with Gasteiger partial charge in [0.15, 0.2) is 5.60 Å². The normalized spacial score (nSPS) is 38.5. The summed E-state index contributed by atoms with van der Waals surface area (Å²) in [6.45, 7) is 1.67. The maximum atomic E-state index is 12.1. The summed E-state index contributed by atoms with van der Waals surface area (Å²) in [5.74, 6) is -0.581. The van der Waals surface area contributed by atoms with Gasteiger partial charge in [0.1, 0.15) is 0 Å². The number of rotatable bonds is 1. The molecule has 1 saturated carbocycles. The zero-order valence-electron chi connectivity index (χ0n) is 6.28. The van der Waals surface area contributed by atoms with Crippen LogP contribution >= 0.6 is 0 Å². The third kappa shape index (κ3) is 1.13. The second kappa shape index (κ2) is 2.37. The molecule has 1 rings (SSSR count). The van der Waals surface area contributed by atoms with Crippen LogP contribution in [0.4, 0.5) is 13.2 Å². The summed E-state index contributed by atoms with van der Waals surface area (Å²) < 4.78 is 36.2. The van der Waals surface area contributed by atoms with Gasteiger partial charge >= 0.3 is 6.18 Å². The van der Waals surface area contributed by atoms with Crippen LogP contribution in [0.1, 0.15) is 26.2 Å². The van der Waals surface area contributed by atoms with Crippen LogP contribution in [0, 0.1) is 5.92 Å². The summed E-state index contributed by atoms with van der Waals surface area (Å²) in [7, 11) is 0. The van der Waals surface area contributed by atoms with E-state index in [-0.39, 0.29) is 6.42 Å². The quantitative estimate of drug-likeness (QED) is 0.635. The molecule has 0 aromatic rings. The van der Waals surface area contributed by atoms with Crippen molar-refractivity contribution in [2.75, 3.05) is 0 Å². The van der Waals surface area contributed by atoms with E-state index in [0.29, 0.717) is 12.8 Å². The molecule has 0 spiro atoms. The fourth-order valence-corrected chi connectivity index (χ4v) is 1.54. The third-order valence-corrected chi connectivity index (χ3v) is 2.53. The standard InChI is InChI=1S/C7H11F3O/c1-2-5-3-4-6(5,11)7(8,9)10/h5,11H,2-4H2,1H3/t5-,6-/m0/s1. The molecule has 0 aliphatic heterocycles. The Morgan fingerprint density at radius 1 is 1.55 bits per heavy atom. The zero-order chi connectivity index (χ0) is 8.70. The molecule has 1 N–H and O–H groups in total. The van der Waals surface area contributed by atoms with Crippen LogP contribution in [0.5, 0.6) is 0 Å². The molecule has 1 aliphatic carbocycles. The van der Waals surface area contributed by atoms with Gasteiger partial charge in [0, 0.05) is 0 Å². The molecule has 0 unspecified atom stereocenters. The van der Waals surface area contributed by atoms with Crippen LogP contribution in [0.3, 0.4) is 0 Å². The van der Waals surface area contributed by atoms with Gasteiger partial charge in [0.05, 0.1) is 0 Å². The van der Waals surface area contributed by atoms with E-state index < -0.39 is 17.7 Å². The molecule has 2 atom stereocenters. The minimum Gasteiger partial charge on any atom is -0.380 e. The Labute approximate surface area is 63.2 Å². The second-order valence-electron chi connectivity index (χ2n) is 3.07. The number of halogens is 3. The third-order valence-electron chi connectivity index (χ3n) is 2.53. The predicted octanol–water partition coefficient (Wildman–Crippen LogP) is 2.10. The Balaban J connectivity index is 2.68. The lowest BCUT2D eigenvalue weighted by atomic mass is 9.67. The molecule has 4 heteroatoms. The van der Waals surface area contributed by atoms with E-state index in [1.54, 1.807) is 6.92 Å². The van der Waals surface area contributed by atoms with Crippen LogP contribution in [-0.4, -0.2) is 16.9 Å². The summed E-state index contributed by atoms with van der Waals surface area (Å²) in [4.78, 5) is 0. The first-order valence-corrected chi connectivity index (χ1v) is 3.71. The number of hydrogen-bond acceptors (Lipinski definition) is 1. The first-order chi connectivity index (χ1) is 4.92. The van der Waals surface area contributed by atoms with Crippen LogP contribution in [-0.2, 0) is 0 Å². The smallest absolute Gasteiger partial charge is 0.380 e. The maximum absolute atomic E-state index is 12.1. The second-order valence-corrected chi connectivity index (χ2v) is 3.07. The van der Waals surface area contributed by atoms with Crippen LogP contribution in [0.2, 0.25) is 0 Å². The topological polar surface area (TPSA) is 20.2 Å². The summed E-state index contributed by atoms with van der Waals surface area (Å²) in [5, 5.41) is 9.08. The first-order valence-electron chi connectivity index (χ1n) is 3.71. The van der Waals surface area contributed by atoms with Gasteiger partial charge in [0.25, 0.3) is 0 Å². The highest BCUT2D eigenvalue weighted by molar-refractivity contribution is 5.00. The SMILES string of the molecule is CC[C@H]1CC[C@@]1(O)C(F)(F)F. The maximum Gasteiger partial charge on any atom is 0.417 e. The lowest BCUT2D eigenvalue weighted by Crippen LogP contribution is -2.57. The van der Waals surface area contributed by atoms with Gasteiger partial charge in [-0.3, -0.25) is 0 Å². The molecule has 66 valence electrons. The van der Waals surface area contributed by atoms with E-state index in [0.717, 1.165) is 0 Å². The summed E-state index contributed by atoms with van der Waals surface area (Å²) in [5.41, 5.74) is -2.37. The highest BCUT2D eigenvalue weighted by Gasteiger charge is 2.62. The van der Waals surface area contributed by atoms with E-state index in [1.165, 1.54) is 0 Å². The van der Waals surface area contributed by atoms with Crippen molar-refractivity contribution >= 4 is 0 Å². The fourth-order valence-electron chi connectivity index (χ4n) is 1.54. The summed E-state index contributed by atoms with van der Waals surface area (Å²) >= 11 is 0. The van der Waals surface area contributed by atoms with E-state index >= 15 is 0 Å². The number of alkyl halides is 3. The molecule has 1 aliphatic rings. The van der Waals surface area contributed by atoms with Crippen molar-refractivity contribution in [3.8, 4) is 0 Å². The highest BCUT2D eigenvalue weighted by atomic mass is 19.4. The molecule has 0 bridgehead atoms. The largest absolute Gasteiger partial charge is 0.417 e. The van der Waals surface area contributed by atoms with Gasteiger partial charge in [-0.15, -0.1) is 0 Å². The van der Waals surface area contributed by atoms with Gasteiger partial charge in [-0.25, -0.2) is 0 Å². The van der Waals surface area contributed by atoms with Gasteiger partial charge in [-0.2, -0.15) is 13.2 Å². The molecule has 0 amide bonds. The molecule has 11 heavy (non-hydrogen) atoms. The van der Waals surface area contributed by atoms with E-state index in [9.17, 15) is 13.2 Å². The Hall–Kier alpha value is -0.250. The first kappa shape index (κ1) is 8.84. The molecule has 0 aromatic carbocycles. The predicted molar refractivity (Wildman–Crippen MR) is 34.0 cm³/mol. The number of aliphatic hydroxyl groups is 1. The van der Waals surface area contributed by atoms with Crippen molar-refractivity contribution in [1.29, 1.82) is 0 Å². The van der Waals surface area contributed by atoms with Gasteiger partial charge < -0.3 is 5.11 Å². The minimum atomic E-state index is -4.44. The number of hydrogen-bond donors (Lipinski definition) is 1. The average molecular weight is 168 g/mol. The minimum absolute atomic E-state index is 0.130. The monoisotopic (exact) mass is 168 g/mol.